The number of aliphatic imine (C=N–C) groups is 8. The number of aromatic nitrogens is 2. The number of furan rings is 2. The molecule has 15 rings (SSSR count). The van der Waals surface area contributed by atoms with Crippen LogP contribution in [0.15, 0.2) is 333 Å². The molecular weight excluding hydrogens is 1610 g/mol. The first-order valence-corrected chi connectivity index (χ1v) is 39.6. The van der Waals surface area contributed by atoms with Crippen molar-refractivity contribution in [3.8, 4) is 111 Å². The molecule has 0 bridgehead atoms. The maximum atomic E-state index is 7.53. The standard InChI is InChI=1S/C20H22N6O.C18H18N6O.C18H18N6S.C18H17N5.C17H17N7S/c1-11-9-13(25-19(21)22)3-5-15(11)17-7-8-18(27-17)16-6-4-14(10-12(16)2)26-20(23)24;2*19-17(20)23-13-5-1-11(2-6-13)15-9-10-16(25-15)12-3-7-14(8-4-12)24-18(21)22;19-17(20)12-6-4-11(5-7-12)15-8-9-16(23-15)13-2-1-3-14(10-13)18(21)22;18-16(19)22-12-5-1-10(2-6-12)14-9-25-15(24-14)11-3-7-13(8-4-11)23-17(20)21/h3-10H,1-2H3,(H4,21,22,25)(H4,23,24,26);2*1-10H,(H4,19,20,23)(H4,21,22,24);1-10,23H,(H3,19,20)(H3,21,22);1-9H,(H4,18,19,22)(H4,20,21,23). The predicted molar refractivity (Wildman–Crippen MR) is 514 cm³/mol. The number of thiophene rings is 1. The van der Waals surface area contributed by atoms with Crippen LogP contribution in [0.25, 0.3) is 111 Å². The lowest BCUT2D eigenvalue weighted by Gasteiger charge is -2.06. The lowest BCUT2D eigenvalue weighted by Crippen LogP contribution is -2.21. The van der Waals surface area contributed by atoms with E-state index in [1.54, 1.807) is 22.7 Å². The van der Waals surface area contributed by atoms with Crippen LogP contribution in [-0.4, -0.2) is 69.3 Å². The summed E-state index contributed by atoms with van der Waals surface area (Å²) in [5.74, 6) is 3.44. The molecule has 5 heterocycles. The molecule has 0 aliphatic heterocycles. The van der Waals surface area contributed by atoms with Crippen molar-refractivity contribution in [3.63, 3.8) is 0 Å². The molecule has 0 saturated heterocycles. The van der Waals surface area contributed by atoms with Crippen molar-refractivity contribution in [2.24, 2.45) is 143 Å². The van der Waals surface area contributed by atoms with Gasteiger partial charge in [0.25, 0.3) is 0 Å². The molecule has 0 atom stereocenters. The van der Waals surface area contributed by atoms with Gasteiger partial charge in [0.1, 0.15) is 39.7 Å². The molecule has 10 aromatic carbocycles. The van der Waals surface area contributed by atoms with Crippen molar-refractivity contribution in [1.29, 1.82) is 10.8 Å². The zero-order valence-electron chi connectivity index (χ0n) is 67.7. The number of benzene rings is 10. The van der Waals surface area contributed by atoms with E-state index in [0.29, 0.717) is 45.3 Å². The Morgan fingerprint density at radius 3 is 0.960 bits per heavy atom. The summed E-state index contributed by atoms with van der Waals surface area (Å²) in [6, 6.07) is 87.9. The minimum atomic E-state index is 0.0252. The van der Waals surface area contributed by atoms with Gasteiger partial charge in [0.2, 0.25) is 0 Å². The quantitative estimate of drug-likeness (QED) is 0.0249. The smallest absolute Gasteiger partial charge is 0.191 e. The highest BCUT2D eigenvalue weighted by Gasteiger charge is 2.16. The fourth-order valence-electron chi connectivity index (χ4n) is 12.2. The number of guanidine groups is 8. The summed E-state index contributed by atoms with van der Waals surface area (Å²) in [4.78, 5) is 42.5. The molecule has 5 aromatic heterocycles. The molecule has 630 valence electrons. The molecule has 39 N–H and O–H groups in total. The largest absolute Gasteiger partial charge is 0.456 e. The van der Waals surface area contributed by atoms with Gasteiger partial charge in [-0.25, -0.2) is 44.9 Å². The number of rotatable bonds is 20. The Hall–Kier alpha value is -17.5. The summed E-state index contributed by atoms with van der Waals surface area (Å²) in [5, 5.41) is 17.9. The third-order valence-electron chi connectivity index (χ3n) is 17.9. The molecule has 32 nitrogen and oxygen atoms in total. The minimum Gasteiger partial charge on any atom is -0.456 e. The topological polar surface area (TPSA) is 670 Å². The minimum absolute atomic E-state index is 0.0252. The Kier molecular flexibility index (Phi) is 29.1. The third kappa shape index (κ3) is 25.5. The second kappa shape index (κ2) is 41.2. The number of hydrogen-bond donors (Lipinski definition) is 21. The second-order valence-corrected chi connectivity index (χ2v) is 29.3. The van der Waals surface area contributed by atoms with Gasteiger partial charge in [0.15, 0.2) is 47.7 Å². The van der Waals surface area contributed by atoms with E-state index in [1.165, 1.54) is 9.75 Å². The summed E-state index contributed by atoms with van der Waals surface area (Å²) < 4.78 is 12.0. The third-order valence-corrected chi connectivity index (χ3v) is 20.0. The van der Waals surface area contributed by atoms with E-state index >= 15 is 0 Å². The van der Waals surface area contributed by atoms with E-state index < -0.39 is 0 Å². The lowest BCUT2D eigenvalue weighted by molar-refractivity contribution is 0.596. The molecule has 34 heteroatoms. The summed E-state index contributed by atoms with van der Waals surface area (Å²) >= 11 is 3.28. The number of nitrogen functional groups attached to an aromatic ring is 2. The van der Waals surface area contributed by atoms with Gasteiger partial charge in [-0.15, -0.1) is 22.7 Å². The van der Waals surface area contributed by atoms with Crippen molar-refractivity contribution in [3.05, 3.63) is 307 Å². The maximum Gasteiger partial charge on any atom is 0.191 e. The monoisotopic (exact) mass is 1700 g/mol. The van der Waals surface area contributed by atoms with Crippen molar-refractivity contribution in [2.75, 3.05) is 0 Å². The van der Waals surface area contributed by atoms with Crippen LogP contribution in [0.4, 0.5) is 45.5 Å². The Balaban J connectivity index is 0.000000152. The Morgan fingerprint density at radius 1 is 0.288 bits per heavy atom. The molecule has 0 unspecified atom stereocenters. The van der Waals surface area contributed by atoms with Crippen molar-refractivity contribution >= 4 is 128 Å². The summed E-state index contributed by atoms with van der Waals surface area (Å²) in [5.41, 5.74) is 119. The summed E-state index contributed by atoms with van der Waals surface area (Å²) in [6.07, 6.45) is 0. The van der Waals surface area contributed by atoms with E-state index in [4.69, 9.17) is 123 Å². The van der Waals surface area contributed by atoms with Gasteiger partial charge in [0.05, 0.1) is 51.2 Å². The first-order chi connectivity index (χ1) is 59.9. The summed E-state index contributed by atoms with van der Waals surface area (Å²) in [7, 11) is 0. The van der Waals surface area contributed by atoms with Crippen LogP contribution < -0.4 is 103 Å². The Labute approximate surface area is 727 Å². The van der Waals surface area contributed by atoms with E-state index in [9.17, 15) is 0 Å². The Bertz CT molecular complexity index is 5820. The van der Waals surface area contributed by atoms with Gasteiger partial charge < -0.3 is 117 Å². The molecule has 0 saturated carbocycles. The second-order valence-electron chi connectivity index (χ2n) is 27.4. The number of aromatic amines is 1. The van der Waals surface area contributed by atoms with Gasteiger partial charge >= 0.3 is 0 Å². The first-order valence-electron chi connectivity index (χ1n) is 37.9. The normalized spacial score (nSPS) is 10.3. The molecular formula is C91H92N30O2S2. The zero-order chi connectivity index (χ0) is 89.4. The number of hydrogen-bond acceptors (Lipinski definition) is 15. The molecule has 15 aromatic rings. The zero-order valence-corrected chi connectivity index (χ0v) is 69.3. The predicted octanol–water partition coefficient (Wildman–Crippen LogP) is 13.6. The van der Waals surface area contributed by atoms with Crippen LogP contribution in [-0.2, 0) is 0 Å². The van der Waals surface area contributed by atoms with Gasteiger partial charge in [0, 0.05) is 71.0 Å². The van der Waals surface area contributed by atoms with Crippen LogP contribution in [0.2, 0.25) is 0 Å². The van der Waals surface area contributed by atoms with E-state index in [2.05, 4.69) is 62.0 Å². The SMILES string of the molecule is Cc1cc(N=C(N)N)ccc1-c1ccc(-c2ccc(N=C(N)N)cc2C)o1.N=C(N)c1ccc(-c2ccc(-c3cccc(C(=N)N)c3)[nH]2)cc1.NC(N)=Nc1ccc(-c2ccc(-c3ccc(N=C(N)N)cc3)o2)cc1.NC(N)=Nc1ccc(-c2ccc(-c3ccc(N=C(N)N)cc3)s2)cc1.NC(N)=Nc1ccc(-c2csc(-c3ccc(N=C(N)N)cc3)n2)cc1. The van der Waals surface area contributed by atoms with Crippen molar-refractivity contribution < 1.29 is 8.83 Å². The molecule has 0 aliphatic rings. The van der Waals surface area contributed by atoms with Crippen molar-refractivity contribution in [2.45, 2.75) is 13.8 Å². The number of nitrogens with two attached hydrogens (primary N) is 18. The number of H-pyrrole nitrogens is 1. The number of thiazole rings is 1. The molecule has 0 radical (unpaired) electrons. The maximum absolute atomic E-state index is 7.53. The fourth-order valence-corrected chi connectivity index (χ4v) is 14.1. The van der Waals surface area contributed by atoms with Crippen LogP contribution in [0.1, 0.15) is 22.3 Å². The molecule has 0 fully saturated rings. The van der Waals surface area contributed by atoms with E-state index in [1.807, 2.05) is 286 Å². The average Bonchev–Trinajstić information content (AvgIpc) is 1.59. The highest BCUT2D eigenvalue weighted by Crippen LogP contribution is 2.39. The highest BCUT2D eigenvalue weighted by molar-refractivity contribution is 7.18. The highest BCUT2D eigenvalue weighted by atomic mass is 32.1. The van der Waals surface area contributed by atoms with Gasteiger partial charge in [-0.05, 0) is 247 Å². The number of nitrogens with one attached hydrogen (secondary N) is 3. The van der Waals surface area contributed by atoms with Crippen LogP contribution in [0, 0.1) is 24.7 Å². The van der Waals surface area contributed by atoms with E-state index in [0.717, 1.165) is 123 Å². The molecule has 125 heavy (non-hydrogen) atoms. The fraction of sp³-hybridized carbons (Fsp3) is 0.0220. The van der Waals surface area contributed by atoms with Gasteiger partial charge in [-0.2, -0.15) is 0 Å². The lowest BCUT2D eigenvalue weighted by atomic mass is 10.1. The summed E-state index contributed by atoms with van der Waals surface area (Å²) in [6.45, 7) is 3.97. The molecule has 0 spiro atoms. The molecule has 0 aliphatic carbocycles. The van der Waals surface area contributed by atoms with Gasteiger partial charge in [-0.3, -0.25) is 10.8 Å². The number of amidine groups is 2. The van der Waals surface area contributed by atoms with Gasteiger partial charge in [-0.1, -0.05) is 78.9 Å². The van der Waals surface area contributed by atoms with E-state index in [-0.39, 0.29) is 59.3 Å². The average molecular weight is 1700 g/mol. The number of aryl methyl sites for hydroxylation is 2. The molecule has 0 amide bonds. The van der Waals surface area contributed by atoms with Crippen molar-refractivity contribution in [1.82, 2.24) is 9.97 Å². The van der Waals surface area contributed by atoms with Crippen LogP contribution in [0.3, 0.4) is 0 Å². The first kappa shape index (κ1) is 88.3. The van der Waals surface area contributed by atoms with Crippen LogP contribution >= 0.6 is 22.7 Å². The number of nitrogens with zero attached hydrogens (tertiary/aromatic N) is 9. The van der Waals surface area contributed by atoms with Crippen LogP contribution in [0.5, 0.6) is 0 Å². The Morgan fingerprint density at radius 2 is 0.600 bits per heavy atom.